The number of hydrogen-bond donors (Lipinski definition) is 1. The quantitative estimate of drug-likeness (QED) is 0.889. The van der Waals surface area contributed by atoms with Crippen LogP contribution in [0.4, 0.5) is 0 Å². The molecule has 0 atom stereocenters. The molecule has 0 aliphatic rings. The zero-order valence-electron chi connectivity index (χ0n) is 9.06. The van der Waals surface area contributed by atoms with Crippen molar-refractivity contribution in [1.82, 2.24) is 0 Å². The summed E-state index contributed by atoms with van der Waals surface area (Å²) in [5.74, 6) is -0.717. The average Bonchev–Trinajstić information content (AvgIpc) is 2.15. The molecular weight excluding hydrogens is 250 g/mol. The van der Waals surface area contributed by atoms with Gasteiger partial charge in [0.15, 0.2) is 9.84 Å². The monoisotopic (exact) mass is 263 g/mol. The van der Waals surface area contributed by atoms with Crippen molar-refractivity contribution < 1.29 is 13.2 Å². The Morgan fingerprint density at radius 3 is 2.31 bits per heavy atom. The van der Waals surface area contributed by atoms with Gasteiger partial charge in [0.1, 0.15) is 0 Å². The van der Waals surface area contributed by atoms with Crippen LogP contribution in [0, 0.1) is 0 Å². The highest BCUT2D eigenvalue weighted by Crippen LogP contribution is 2.20. The number of sulfone groups is 1. The zero-order chi connectivity index (χ0) is 11.6. The van der Waals surface area contributed by atoms with Gasteiger partial charge in [-0.15, -0.1) is 12.4 Å². The van der Waals surface area contributed by atoms with Crippen LogP contribution in [-0.4, -0.2) is 20.6 Å². The maximum Gasteiger partial charge on any atom is 0.250 e. The van der Waals surface area contributed by atoms with Crippen molar-refractivity contribution in [2.75, 3.05) is 6.26 Å². The largest absolute Gasteiger partial charge is 0.366 e. The normalized spacial score (nSPS) is 10.6. The van der Waals surface area contributed by atoms with E-state index < -0.39 is 15.7 Å². The van der Waals surface area contributed by atoms with Crippen molar-refractivity contribution in [1.29, 1.82) is 0 Å². The third-order valence-electron chi connectivity index (χ3n) is 2.11. The molecule has 0 unspecified atom stereocenters. The molecule has 2 N–H and O–H groups in total. The summed E-state index contributed by atoms with van der Waals surface area (Å²) in [4.78, 5) is 11.1. The van der Waals surface area contributed by atoms with Gasteiger partial charge in [-0.1, -0.05) is 19.1 Å². The molecule has 4 nitrogen and oxygen atoms in total. The summed E-state index contributed by atoms with van der Waals surface area (Å²) in [6, 6.07) is 4.74. The zero-order valence-corrected chi connectivity index (χ0v) is 10.7. The lowest BCUT2D eigenvalue weighted by atomic mass is 10.1. The molecule has 0 fully saturated rings. The molecule has 1 rings (SSSR count). The molecule has 0 saturated carbocycles. The SMILES string of the molecule is CCc1cccc(C(N)=O)c1S(C)(=O)=O.Cl. The van der Waals surface area contributed by atoms with Crippen LogP contribution in [0.25, 0.3) is 0 Å². The average molecular weight is 264 g/mol. The molecule has 90 valence electrons. The lowest BCUT2D eigenvalue weighted by Crippen LogP contribution is -2.17. The van der Waals surface area contributed by atoms with Crippen molar-refractivity contribution >= 4 is 28.2 Å². The van der Waals surface area contributed by atoms with E-state index in [1.54, 1.807) is 12.1 Å². The van der Waals surface area contributed by atoms with Gasteiger partial charge in [0.2, 0.25) is 5.91 Å². The minimum absolute atomic E-state index is 0. The van der Waals surface area contributed by atoms with Crippen LogP contribution < -0.4 is 5.73 Å². The van der Waals surface area contributed by atoms with Gasteiger partial charge >= 0.3 is 0 Å². The number of carbonyl (C=O) groups is 1. The number of primary amides is 1. The molecule has 1 aromatic rings. The summed E-state index contributed by atoms with van der Waals surface area (Å²) in [5.41, 5.74) is 5.82. The third kappa shape index (κ3) is 2.96. The summed E-state index contributed by atoms with van der Waals surface area (Å²) in [5, 5.41) is 0. The minimum atomic E-state index is -3.42. The maximum absolute atomic E-state index is 11.5. The number of amides is 1. The molecule has 16 heavy (non-hydrogen) atoms. The Hall–Kier alpha value is -1.07. The predicted octanol–water partition coefficient (Wildman–Crippen LogP) is 1.17. The minimum Gasteiger partial charge on any atom is -0.366 e. The van der Waals surface area contributed by atoms with Crippen LogP contribution in [-0.2, 0) is 16.3 Å². The Balaban J connectivity index is 0.00000225. The standard InChI is InChI=1S/C10H13NO3S.ClH/c1-3-7-5-4-6-8(10(11)12)9(7)15(2,13)14;/h4-6H,3H2,1-2H3,(H2,11,12);1H. The summed E-state index contributed by atoms with van der Waals surface area (Å²) >= 11 is 0. The second-order valence-electron chi connectivity index (χ2n) is 3.28. The summed E-state index contributed by atoms with van der Waals surface area (Å²) in [6.45, 7) is 1.83. The van der Waals surface area contributed by atoms with Gasteiger partial charge in [0, 0.05) is 6.26 Å². The number of aryl methyl sites for hydroxylation is 1. The Morgan fingerprint density at radius 1 is 1.38 bits per heavy atom. The molecule has 1 aromatic carbocycles. The highest BCUT2D eigenvalue weighted by atomic mass is 35.5. The smallest absolute Gasteiger partial charge is 0.250 e. The number of benzene rings is 1. The molecule has 0 aliphatic heterocycles. The highest BCUT2D eigenvalue weighted by Gasteiger charge is 2.19. The Morgan fingerprint density at radius 2 is 1.94 bits per heavy atom. The molecular formula is C10H14ClNO3S. The van der Waals surface area contributed by atoms with E-state index in [-0.39, 0.29) is 22.9 Å². The molecule has 0 bridgehead atoms. The molecule has 0 heterocycles. The van der Waals surface area contributed by atoms with Crippen LogP contribution in [0.1, 0.15) is 22.8 Å². The van der Waals surface area contributed by atoms with E-state index in [2.05, 4.69) is 0 Å². The van der Waals surface area contributed by atoms with Gasteiger partial charge in [-0.2, -0.15) is 0 Å². The summed E-state index contributed by atoms with van der Waals surface area (Å²) in [6.07, 6.45) is 1.62. The fourth-order valence-corrected chi connectivity index (χ4v) is 2.75. The fourth-order valence-electron chi connectivity index (χ4n) is 1.50. The van der Waals surface area contributed by atoms with Crippen molar-refractivity contribution in [2.24, 2.45) is 5.73 Å². The first-order valence-electron chi connectivity index (χ1n) is 4.49. The summed E-state index contributed by atoms with van der Waals surface area (Å²) in [7, 11) is -3.42. The topological polar surface area (TPSA) is 77.2 Å². The van der Waals surface area contributed by atoms with E-state index in [0.717, 1.165) is 6.26 Å². The predicted molar refractivity (Wildman–Crippen MR) is 64.7 cm³/mol. The Bertz CT molecular complexity index is 497. The third-order valence-corrected chi connectivity index (χ3v) is 3.34. The van der Waals surface area contributed by atoms with Crippen LogP contribution in [0.3, 0.4) is 0 Å². The summed E-state index contributed by atoms with van der Waals surface area (Å²) < 4.78 is 23.1. The van der Waals surface area contributed by atoms with Gasteiger partial charge in [0.05, 0.1) is 10.5 Å². The van der Waals surface area contributed by atoms with E-state index >= 15 is 0 Å². The first kappa shape index (κ1) is 14.9. The molecule has 0 aliphatic carbocycles. The van der Waals surface area contributed by atoms with E-state index in [1.165, 1.54) is 6.07 Å². The van der Waals surface area contributed by atoms with Gasteiger partial charge in [-0.05, 0) is 18.1 Å². The lowest BCUT2D eigenvalue weighted by Gasteiger charge is -2.09. The molecule has 0 radical (unpaired) electrons. The second kappa shape index (κ2) is 5.32. The van der Waals surface area contributed by atoms with Gasteiger partial charge in [-0.25, -0.2) is 8.42 Å². The van der Waals surface area contributed by atoms with Crippen LogP contribution in [0.15, 0.2) is 23.1 Å². The van der Waals surface area contributed by atoms with Gasteiger partial charge in [0.25, 0.3) is 0 Å². The van der Waals surface area contributed by atoms with Crippen molar-refractivity contribution in [3.05, 3.63) is 29.3 Å². The number of halogens is 1. The second-order valence-corrected chi connectivity index (χ2v) is 5.24. The van der Waals surface area contributed by atoms with Crippen molar-refractivity contribution in [2.45, 2.75) is 18.2 Å². The molecule has 0 spiro atoms. The number of hydrogen-bond acceptors (Lipinski definition) is 3. The fraction of sp³-hybridized carbons (Fsp3) is 0.300. The van der Waals surface area contributed by atoms with E-state index in [0.29, 0.717) is 12.0 Å². The first-order valence-corrected chi connectivity index (χ1v) is 6.38. The maximum atomic E-state index is 11.5. The van der Waals surface area contributed by atoms with Crippen LogP contribution in [0.5, 0.6) is 0 Å². The van der Waals surface area contributed by atoms with Gasteiger partial charge in [-0.3, -0.25) is 4.79 Å². The first-order chi connectivity index (χ1) is 6.88. The molecule has 0 aromatic heterocycles. The van der Waals surface area contributed by atoms with E-state index in [9.17, 15) is 13.2 Å². The number of nitrogens with two attached hydrogens (primary N) is 1. The van der Waals surface area contributed by atoms with Crippen LogP contribution in [0.2, 0.25) is 0 Å². The Kier molecular flexibility index (Phi) is 4.96. The van der Waals surface area contributed by atoms with Crippen LogP contribution >= 0.6 is 12.4 Å². The van der Waals surface area contributed by atoms with Crippen molar-refractivity contribution in [3.8, 4) is 0 Å². The lowest BCUT2D eigenvalue weighted by molar-refractivity contribution is 0.0997. The highest BCUT2D eigenvalue weighted by molar-refractivity contribution is 7.90. The van der Waals surface area contributed by atoms with E-state index in [4.69, 9.17) is 5.73 Å². The molecule has 1 amide bonds. The Labute approximate surface area is 101 Å². The van der Waals surface area contributed by atoms with Crippen molar-refractivity contribution in [3.63, 3.8) is 0 Å². The number of carbonyl (C=O) groups excluding carboxylic acids is 1. The number of rotatable bonds is 3. The van der Waals surface area contributed by atoms with E-state index in [1.807, 2.05) is 6.92 Å². The molecule has 6 heteroatoms. The molecule has 0 saturated heterocycles. The van der Waals surface area contributed by atoms with Gasteiger partial charge < -0.3 is 5.73 Å².